The number of nitrogens with zero attached hydrogens (tertiary/aromatic N) is 2. The van der Waals surface area contributed by atoms with Crippen LogP contribution in [0.25, 0.3) is 0 Å². The molecule has 1 N–H and O–H groups in total. The molecule has 1 aromatic rings. The van der Waals surface area contributed by atoms with Gasteiger partial charge in [0.2, 0.25) is 27.7 Å². The third-order valence-electron chi connectivity index (χ3n) is 6.37. The number of sulfonamides is 1. The Hall–Kier alpha value is -2.52. The molecule has 3 aliphatic rings. The van der Waals surface area contributed by atoms with E-state index in [2.05, 4.69) is 4.72 Å². The Morgan fingerprint density at radius 3 is 2.13 bits per heavy atom. The number of benzene rings is 1. The second kappa shape index (κ2) is 8.92. The Kier molecular flexibility index (Phi) is 6.24. The fourth-order valence-electron chi connectivity index (χ4n) is 4.59. The fraction of sp³-hybridized carbons (Fsp3) is 0.500. The van der Waals surface area contributed by atoms with E-state index in [4.69, 9.17) is 0 Å². The molecule has 166 valence electrons. The smallest absolute Gasteiger partial charge is 0.240 e. The summed E-state index contributed by atoms with van der Waals surface area (Å²) in [5.41, 5.74) is 0. The summed E-state index contributed by atoms with van der Waals surface area (Å²) in [6, 6.07) is 7.99. The van der Waals surface area contributed by atoms with Crippen LogP contribution in [-0.4, -0.2) is 61.6 Å². The second-order valence-corrected chi connectivity index (χ2v) is 10.0. The maximum Gasteiger partial charge on any atom is 0.240 e. The van der Waals surface area contributed by atoms with Gasteiger partial charge in [-0.2, -0.15) is 0 Å². The predicted molar refractivity (Wildman–Crippen MR) is 113 cm³/mol. The summed E-state index contributed by atoms with van der Waals surface area (Å²) in [4.78, 5) is 40.8. The lowest BCUT2D eigenvalue weighted by Gasteiger charge is -2.32. The molecule has 0 aromatic heterocycles. The summed E-state index contributed by atoms with van der Waals surface area (Å²) < 4.78 is 27.7. The molecule has 2 aliphatic heterocycles. The van der Waals surface area contributed by atoms with Crippen molar-refractivity contribution in [2.75, 3.05) is 19.6 Å². The van der Waals surface area contributed by atoms with Crippen LogP contribution in [0.5, 0.6) is 0 Å². The zero-order valence-electron chi connectivity index (χ0n) is 17.3. The van der Waals surface area contributed by atoms with Crippen LogP contribution in [0.4, 0.5) is 0 Å². The standard InChI is InChI=1S/C22H27N3O5S/c26-20(12-15-25-21(27)18-8-4-5-9-19(18)22(25)28)24-13-10-16(11-14-24)23-31(29,30)17-6-2-1-3-7-17/h1-7,16,18-19,23H,8-15H2/t18-,19+. The van der Waals surface area contributed by atoms with Crippen LogP contribution < -0.4 is 4.72 Å². The fourth-order valence-corrected chi connectivity index (χ4v) is 5.91. The molecule has 9 heteroatoms. The van der Waals surface area contributed by atoms with E-state index in [0.717, 1.165) is 0 Å². The molecule has 4 rings (SSSR count). The first-order chi connectivity index (χ1) is 14.9. The molecule has 0 unspecified atom stereocenters. The monoisotopic (exact) mass is 445 g/mol. The number of piperidine rings is 1. The predicted octanol–water partition coefficient (Wildman–Crippen LogP) is 1.30. The molecular weight excluding hydrogens is 418 g/mol. The largest absolute Gasteiger partial charge is 0.343 e. The summed E-state index contributed by atoms with van der Waals surface area (Å²) in [6.07, 6.45) is 6.21. The Labute approximate surface area is 182 Å². The molecule has 0 saturated carbocycles. The number of carbonyl (C=O) groups excluding carboxylic acids is 3. The minimum absolute atomic E-state index is 0.102. The molecule has 2 fully saturated rings. The van der Waals surface area contributed by atoms with E-state index in [-0.39, 0.29) is 53.5 Å². The van der Waals surface area contributed by atoms with Gasteiger partial charge in [-0.3, -0.25) is 19.3 Å². The summed E-state index contributed by atoms with van der Waals surface area (Å²) in [6.45, 7) is 1.000. The number of carbonyl (C=O) groups is 3. The van der Waals surface area contributed by atoms with E-state index >= 15 is 0 Å². The van der Waals surface area contributed by atoms with E-state index in [9.17, 15) is 22.8 Å². The molecule has 0 bridgehead atoms. The maximum atomic E-state index is 12.6. The summed E-state index contributed by atoms with van der Waals surface area (Å²) in [5.74, 6) is -0.998. The first kappa shape index (κ1) is 21.7. The molecule has 31 heavy (non-hydrogen) atoms. The van der Waals surface area contributed by atoms with Crippen LogP contribution in [-0.2, 0) is 24.4 Å². The van der Waals surface area contributed by atoms with E-state index < -0.39 is 10.0 Å². The number of rotatable bonds is 6. The van der Waals surface area contributed by atoms with Gasteiger partial charge in [-0.1, -0.05) is 30.4 Å². The summed E-state index contributed by atoms with van der Waals surface area (Å²) in [7, 11) is -3.58. The lowest BCUT2D eigenvalue weighted by Crippen LogP contribution is -2.47. The van der Waals surface area contributed by atoms with Crippen molar-refractivity contribution in [1.29, 1.82) is 0 Å². The van der Waals surface area contributed by atoms with Crippen LogP contribution in [0.2, 0.25) is 0 Å². The lowest BCUT2D eigenvalue weighted by atomic mass is 9.85. The highest BCUT2D eigenvalue weighted by Gasteiger charge is 2.47. The zero-order valence-corrected chi connectivity index (χ0v) is 18.1. The van der Waals surface area contributed by atoms with Crippen molar-refractivity contribution in [3.63, 3.8) is 0 Å². The quantitative estimate of drug-likeness (QED) is 0.525. The van der Waals surface area contributed by atoms with Gasteiger partial charge >= 0.3 is 0 Å². The molecule has 0 spiro atoms. The van der Waals surface area contributed by atoms with Crippen LogP contribution in [0.1, 0.15) is 32.1 Å². The van der Waals surface area contributed by atoms with Crippen molar-refractivity contribution in [2.24, 2.45) is 11.8 Å². The molecule has 2 heterocycles. The van der Waals surface area contributed by atoms with Crippen LogP contribution in [0, 0.1) is 11.8 Å². The first-order valence-electron chi connectivity index (χ1n) is 10.7. The van der Waals surface area contributed by atoms with E-state index in [1.165, 1.54) is 4.90 Å². The first-order valence-corrected chi connectivity index (χ1v) is 12.2. The van der Waals surface area contributed by atoms with Gasteiger partial charge in [0, 0.05) is 32.1 Å². The van der Waals surface area contributed by atoms with Gasteiger partial charge in [-0.05, 0) is 37.8 Å². The van der Waals surface area contributed by atoms with Gasteiger partial charge in [0.1, 0.15) is 0 Å². The topological polar surface area (TPSA) is 104 Å². The van der Waals surface area contributed by atoms with Gasteiger partial charge in [-0.15, -0.1) is 0 Å². The number of amides is 3. The average Bonchev–Trinajstić information content (AvgIpc) is 3.03. The molecule has 1 aliphatic carbocycles. The molecule has 0 radical (unpaired) electrons. The normalized spacial score (nSPS) is 24.5. The highest BCUT2D eigenvalue weighted by Crippen LogP contribution is 2.35. The lowest BCUT2D eigenvalue weighted by molar-refractivity contribution is -0.141. The Bertz CT molecular complexity index is 958. The van der Waals surface area contributed by atoms with Crippen LogP contribution >= 0.6 is 0 Å². The Balaban J connectivity index is 1.25. The van der Waals surface area contributed by atoms with Gasteiger partial charge in [0.15, 0.2) is 0 Å². The van der Waals surface area contributed by atoms with Crippen molar-refractivity contribution in [2.45, 2.75) is 43.0 Å². The van der Waals surface area contributed by atoms with Crippen molar-refractivity contribution in [3.05, 3.63) is 42.5 Å². The van der Waals surface area contributed by atoms with Crippen molar-refractivity contribution < 1.29 is 22.8 Å². The molecule has 8 nitrogen and oxygen atoms in total. The minimum atomic E-state index is -3.58. The number of hydrogen-bond donors (Lipinski definition) is 1. The molecular formula is C22H27N3O5S. The van der Waals surface area contributed by atoms with Gasteiger partial charge < -0.3 is 4.90 Å². The van der Waals surface area contributed by atoms with E-state index in [1.54, 1.807) is 35.2 Å². The molecule has 1 aromatic carbocycles. The summed E-state index contributed by atoms with van der Waals surface area (Å²) >= 11 is 0. The van der Waals surface area contributed by atoms with Gasteiger partial charge in [-0.25, -0.2) is 13.1 Å². The molecule has 3 amide bonds. The van der Waals surface area contributed by atoms with Crippen LogP contribution in [0.15, 0.2) is 47.4 Å². The maximum absolute atomic E-state index is 12.6. The van der Waals surface area contributed by atoms with E-state index in [1.807, 2.05) is 12.2 Å². The average molecular weight is 446 g/mol. The van der Waals surface area contributed by atoms with Crippen molar-refractivity contribution in [3.8, 4) is 0 Å². The van der Waals surface area contributed by atoms with Crippen molar-refractivity contribution >= 4 is 27.7 Å². The van der Waals surface area contributed by atoms with Gasteiger partial charge in [0.25, 0.3) is 0 Å². The third kappa shape index (κ3) is 4.57. The number of hydrogen-bond acceptors (Lipinski definition) is 5. The Morgan fingerprint density at radius 1 is 0.968 bits per heavy atom. The third-order valence-corrected chi connectivity index (χ3v) is 7.91. The van der Waals surface area contributed by atoms with Gasteiger partial charge in [0.05, 0.1) is 16.7 Å². The highest BCUT2D eigenvalue weighted by molar-refractivity contribution is 7.89. The minimum Gasteiger partial charge on any atom is -0.343 e. The highest BCUT2D eigenvalue weighted by atomic mass is 32.2. The number of nitrogens with one attached hydrogen (secondary N) is 1. The molecule has 2 saturated heterocycles. The SMILES string of the molecule is O=C(CCN1C(=O)[C@H]2CC=CC[C@H]2C1=O)N1CCC(NS(=O)(=O)c2ccccc2)CC1. The van der Waals surface area contributed by atoms with E-state index in [0.29, 0.717) is 38.8 Å². The zero-order chi connectivity index (χ0) is 22.0. The van der Waals surface area contributed by atoms with Crippen molar-refractivity contribution in [1.82, 2.24) is 14.5 Å². The number of imide groups is 1. The summed E-state index contributed by atoms with van der Waals surface area (Å²) in [5, 5.41) is 0. The Morgan fingerprint density at radius 2 is 1.55 bits per heavy atom. The number of fused-ring (bicyclic) bond motifs is 1. The van der Waals surface area contributed by atoms with Crippen LogP contribution in [0.3, 0.4) is 0 Å². The second-order valence-electron chi connectivity index (χ2n) is 8.32. The number of likely N-dealkylation sites (tertiary alicyclic amines) is 2. The molecule has 2 atom stereocenters. The number of allylic oxidation sites excluding steroid dienone is 2.